The van der Waals surface area contributed by atoms with Crippen molar-refractivity contribution in [2.45, 2.75) is 58.3 Å². The van der Waals surface area contributed by atoms with Crippen LogP contribution in [0.25, 0.3) is 16.8 Å². The van der Waals surface area contributed by atoms with Gasteiger partial charge >= 0.3 is 0 Å². The van der Waals surface area contributed by atoms with Gasteiger partial charge in [-0.2, -0.15) is 10.2 Å². The molecule has 0 atom stereocenters. The minimum absolute atomic E-state index is 0.523. The number of thiazole rings is 1. The third-order valence-corrected chi connectivity index (χ3v) is 7.43. The maximum absolute atomic E-state index is 6.09. The van der Waals surface area contributed by atoms with Crippen molar-refractivity contribution in [3.05, 3.63) is 64.5 Å². The summed E-state index contributed by atoms with van der Waals surface area (Å²) in [7, 11) is 0. The first kappa shape index (κ1) is 25.6. The third-order valence-electron chi connectivity index (χ3n) is 6.43. The lowest BCUT2D eigenvalue weighted by molar-refractivity contribution is 0.323. The molecule has 5 N–H and O–H groups in total. The second-order valence-corrected chi connectivity index (χ2v) is 9.78. The SMILES string of the molecule is C/C(=N/N)NN.Cc1ncsc1CCOc1cccc(-c2cnc3ccnn3c2C2CCCCC2)c1. The zero-order valence-corrected chi connectivity index (χ0v) is 21.7. The Bertz CT molecular complexity index is 1290. The molecule has 9 nitrogen and oxygen atoms in total. The molecule has 1 saturated carbocycles. The number of nitrogens with two attached hydrogens (primary N) is 2. The average Bonchev–Trinajstić information content (AvgIpc) is 3.57. The number of hydrazone groups is 1. The van der Waals surface area contributed by atoms with Crippen molar-refractivity contribution in [1.29, 1.82) is 0 Å². The molecule has 0 radical (unpaired) electrons. The molecule has 0 spiro atoms. The van der Waals surface area contributed by atoms with Gasteiger partial charge in [-0.3, -0.25) is 0 Å². The summed E-state index contributed by atoms with van der Waals surface area (Å²) < 4.78 is 8.14. The molecular weight excluding hydrogens is 472 g/mol. The predicted molar refractivity (Wildman–Crippen MR) is 145 cm³/mol. The highest BCUT2D eigenvalue weighted by Crippen LogP contribution is 2.38. The number of hydrazine groups is 1. The van der Waals surface area contributed by atoms with Crippen LogP contribution in [0.5, 0.6) is 5.75 Å². The van der Waals surface area contributed by atoms with Gasteiger partial charge in [-0.25, -0.2) is 20.3 Å². The normalized spacial score (nSPS) is 14.4. The van der Waals surface area contributed by atoms with Gasteiger partial charge in [0.05, 0.1) is 29.7 Å². The van der Waals surface area contributed by atoms with Crippen molar-refractivity contribution in [1.82, 2.24) is 25.0 Å². The summed E-state index contributed by atoms with van der Waals surface area (Å²) in [6, 6.07) is 10.4. The van der Waals surface area contributed by atoms with E-state index in [1.54, 1.807) is 18.3 Å². The topological polar surface area (TPSA) is 129 Å². The molecule has 190 valence electrons. The lowest BCUT2D eigenvalue weighted by Gasteiger charge is -2.25. The second kappa shape index (κ2) is 12.5. The van der Waals surface area contributed by atoms with Crippen molar-refractivity contribution >= 4 is 22.8 Å². The predicted octanol–water partition coefficient (Wildman–Crippen LogP) is 4.57. The molecule has 4 aromatic rings. The number of nitrogens with zero attached hydrogens (tertiary/aromatic N) is 5. The maximum Gasteiger partial charge on any atom is 0.155 e. The van der Waals surface area contributed by atoms with E-state index in [0.717, 1.165) is 29.1 Å². The zero-order chi connectivity index (χ0) is 25.3. The zero-order valence-electron chi connectivity index (χ0n) is 20.9. The molecule has 3 aromatic heterocycles. The maximum atomic E-state index is 6.09. The Labute approximate surface area is 215 Å². The molecule has 0 saturated heterocycles. The number of ether oxygens (including phenoxy) is 1. The summed E-state index contributed by atoms with van der Waals surface area (Å²) in [6.45, 7) is 4.37. The van der Waals surface area contributed by atoms with Gasteiger partial charge < -0.3 is 16.0 Å². The summed E-state index contributed by atoms with van der Waals surface area (Å²) >= 11 is 1.70. The van der Waals surface area contributed by atoms with Crippen LogP contribution >= 0.6 is 11.3 Å². The number of nitrogens with one attached hydrogen (secondary N) is 1. The van der Waals surface area contributed by atoms with E-state index in [-0.39, 0.29) is 0 Å². The first-order valence-corrected chi connectivity index (χ1v) is 13.1. The largest absolute Gasteiger partial charge is 0.493 e. The Balaban J connectivity index is 0.000000455. The van der Waals surface area contributed by atoms with E-state index in [4.69, 9.17) is 16.4 Å². The van der Waals surface area contributed by atoms with Crippen LogP contribution in [-0.2, 0) is 6.42 Å². The van der Waals surface area contributed by atoms with Gasteiger partial charge in [-0.05, 0) is 44.4 Å². The van der Waals surface area contributed by atoms with E-state index >= 15 is 0 Å². The van der Waals surface area contributed by atoms with Gasteiger partial charge in [0, 0.05) is 35.0 Å². The van der Waals surface area contributed by atoms with Crippen molar-refractivity contribution < 1.29 is 4.74 Å². The average molecular weight is 507 g/mol. The summed E-state index contributed by atoms with van der Waals surface area (Å²) in [5.41, 5.74) is 9.77. The molecule has 36 heavy (non-hydrogen) atoms. The summed E-state index contributed by atoms with van der Waals surface area (Å²) in [6.07, 6.45) is 11.1. The molecule has 0 amide bonds. The Morgan fingerprint density at radius 2 is 2.06 bits per heavy atom. The number of fused-ring (bicyclic) bond motifs is 1. The monoisotopic (exact) mass is 506 g/mol. The minimum atomic E-state index is 0.523. The molecule has 0 aliphatic heterocycles. The Kier molecular flexibility index (Phi) is 8.85. The first-order valence-electron chi connectivity index (χ1n) is 12.3. The van der Waals surface area contributed by atoms with Crippen LogP contribution in [0.2, 0.25) is 0 Å². The van der Waals surface area contributed by atoms with Crippen LogP contribution in [0.15, 0.2) is 53.3 Å². The van der Waals surface area contributed by atoms with Gasteiger partial charge in [0.15, 0.2) is 5.65 Å². The highest BCUT2D eigenvalue weighted by Gasteiger charge is 2.23. The van der Waals surface area contributed by atoms with Crippen LogP contribution in [-0.4, -0.2) is 32.0 Å². The standard InChI is InChI=1S/C24H26N4OS.C2H8N4/c1-17-22(30-16-26-17)11-13-29-20-9-5-8-19(14-20)21-15-25-23-10-12-27-28(23)24(21)18-6-3-2-4-7-18;1-2(5-3)6-4/h5,8-10,12,14-16,18H,2-4,6-7,11,13H2,1H3;3-4H2,1H3,(H,5,6). The molecule has 5 rings (SSSR count). The van der Waals surface area contributed by atoms with Crippen LogP contribution in [0.3, 0.4) is 0 Å². The van der Waals surface area contributed by atoms with Crippen molar-refractivity contribution in [2.24, 2.45) is 16.8 Å². The summed E-state index contributed by atoms with van der Waals surface area (Å²) in [5.74, 6) is 11.5. The number of rotatable bonds is 6. The van der Waals surface area contributed by atoms with Gasteiger partial charge in [0.25, 0.3) is 0 Å². The molecule has 3 heterocycles. The van der Waals surface area contributed by atoms with Gasteiger partial charge in [-0.1, -0.05) is 31.4 Å². The molecular formula is C26H34N8OS. The van der Waals surface area contributed by atoms with Gasteiger partial charge in [0.1, 0.15) is 11.6 Å². The number of benzene rings is 1. The number of hydrogen-bond donors (Lipinski definition) is 3. The van der Waals surface area contributed by atoms with E-state index < -0.39 is 0 Å². The van der Waals surface area contributed by atoms with Crippen molar-refractivity contribution in [2.75, 3.05) is 6.61 Å². The number of hydrogen-bond acceptors (Lipinski definition) is 8. The molecule has 0 unspecified atom stereocenters. The van der Waals surface area contributed by atoms with E-state index in [2.05, 4.69) is 50.7 Å². The van der Waals surface area contributed by atoms with Gasteiger partial charge in [0.2, 0.25) is 0 Å². The van der Waals surface area contributed by atoms with Crippen LogP contribution in [0, 0.1) is 6.92 Å². The fourth-order valence-corrected chi connectivity index (χ4v) is 5.26. The second-order valence-electron chi connectivity index (χ2n) is 8.84. The van der Waals surface area contributed by atoms with E-state index in [1.807, 2.05) is 34.6 Å². The first-order chi connectivity index (χ1) is 17.6. The molecule has 0 bridgehead atoms. The highest BCUT2D eigenvalue weighted by molar-refractivity contribution is 7.09. The Hall–Kier alpha value is -3.50. The van der Waals surface area contributed by atoms with E-state index in [0.29, 0.717) is 18.4 Å². The third kappa shape index (κ3) is 6.19. The van der Waals surface area contributed by atoms with Crippen LogP contribution < -0.4 is 21.8 Å². The molecule has 1 aromatic carbocycles. The number of amidine groups is 1. The summed E-state index contributed by atoms with van der Waals surface area (Å²) in [4.78, 5) is 10.3. The smallest absolute Gasteiger partial charge is 0.155 e. The molecule has 1 fully saturated rings. The van der Waals surface area contributed by atoms with E-state index in [1.165, 1.54) is 48.2 Å². The number of aromatic nitrogens is 4. The quantitative estimate of drug-likeness (QED) is 0.151. The van der Waals surface area contributed by atoms with Crippen LogP contribution in [0.1, 0.15) is 61.2 Å². The lowest BCUT2D eigenvalue weighted by atomic mass is 9.84. The van der Waals surface area contributed by atoms with Crippen LogP contribution in [0.4, 0.5) is 0 Å². The summed E-state index contributed by atoms with van der Waals surface area (Å²) in [5, 5.41) is 7.79. The fourth-order valence-electron chi connectivity index (χ4n) is 4.50. The number of aryl methyl sites for hydroxylation is 1. The molecule has 1 aliphatic rings. The lowest BCUT2D eigenvalue weighted by Crippen LogP contribution is -2.28. The van der Waals surface area contributed by atoms with Crippen molar-refractivity contribution in [3.8, 4) is 16.9 Å². The highest BCUT2D eigenvalue weighted by atomic mass is 32.1. The Morgan fingerprint density at radius 3 is 2.75 bits per heavy atom. The minimum Gasteiger partial charge on any atom is -0.493 e. The molecule has 1 aliphatic carbocycles. The molecule has 10 heteroatoms. The van der Waals surface area contributed by atoms with Crippen molar-refractivity contribution in [3.63, 3.8) is 0 Å². The fraction of sp³-hybridized carbons (Fsp3) is 0.385. The Morgan fingerprint density at radius 1 is 1.22 bits per heavy atom. The van der Waals surface area contributed by atoms with Gasteiger partial charge in [-0.15, -0.1) is 11.3 Å². The van der Waals surface area contributed by atoms with E-state index in [9.17, 15) is 0 Å².